The smallest absolute Gasteiger partial charge is 0.313 e. The van der Waals surface area contributed by atoms with Gasteiger partial charge in [-0.15, -0.1) is 0 Å². The third-order valence-corrected chi connectivity index (χ3v) is 7.90. The van der Waals surface area contributed by atoms with Gasteiger partial charge in [0, 0.05) is 31.3 Å². The van der Waals surface area contributed by atoms with Crippen molar-refractivity contribution >= 4 is 50.9 Å². The number of sulfonamides is 1. The number of nitrogens with two attached hydrogens (primary N) is 1. The SMILES string of the molecule is COCC(=O)N1CC[C@H](NC(=O)C(=O)Nc2ccc(Cl)nc2)[C@H](NC(=O)c2ccc(-c3ccccc3S(N)(=O)=O)cc2)C1. The first-order valence-electron chi connectivity index (χ1n) is 13.0. The molecule has 1 aliphatic rings. The van der Waals surface area contributed by atoms with Gasteiger partial charge in [0.25, 0.3) is 5.91 Å². The number of ether oxygens (including phenoxy) is 1. The van der Waals surface area contributed by atoms with E-state index >= 15 is 0 Å². The summed E-state index contributed by atoms with van der Waals surface area (Å²) < 4.78 is 29.0. The van der Waals surface area contributed by atoms with E-state index in [9.17, 15) is 27.6 Å². The lowest BCUT2D eigenvalue weighted by Crippen LogP contribution is -2.62. The zero-order valence-electron chi connectivity index (χ0n) is 22.9. The van der Waals surface area contributed by atoms with Crippen LogP contribution < -0.4 is 21.1 Å². The molecule has 1 saturated heterocycles. The van der Waals surface area contributed by atoms with Crippen molar-refractivity contribution in [3.05, 3.63) is 77.6 Å². The maximum Gasteiger partial charge on any atom is 0.313 e. The predicted octanol–water partition coefficient (Wildman–Crippen LogP) is 1.15. The summed E-state index contributed by atoms with van der Waals surface area (Å²) in [4.78, 5) is 56.3. The fourth-order valence-electron chi connectivity index (χ4n) is 4.59. The second kappa shape index (κ2) is 13.7. The van der Waals surface area contributed by atoms with Crippen molar-refractivity contribution in [2.75, 3.05) is 32.1 Å². The number of aromatic nitrogens is 1. The molecule has 2 atom stereocenters. The highest BCUT2D eigenvalue weighted by Gasteiger charge is 2.34. The van der Waals surface area contributed by atoms with Crippen molar-refractivity contribution < 1.29 is 32.3 Å². The number of piperidine rings is 1. The number of hydrogen-bond donors (Lipinski definition) is 4. The lowest BCUT2D eigenvalue weighted by Gasteiger charge is -2.39. The van der Waals surface area contributed by atoms with Crippen LogP contribution in [0.2, 0.25) is 5.15 Å². The second-order valence-electron chi connectivity index (χ2n) is 9.66. The number of carbonyl (C=O) groups is 4. The van der Waals surface area contributed by atoms with Crippen LogP contribution in [0.1, 0.15) is 16.8 Å². The van der Waals surface area contributed by atoms with Crippen LogP contribution in [0.4, 0.5) is 5.69 Å². The van der Waals surface area contributed by atoms with E-state index in [1.54, 1.807) is 30.3 Å². The molecule has 1 aliphatic heterocycles. The van der Waals surface area contributed by atoms with Crippen LogP contribution in [0.25, 0.3) is 11.1 Å². The van der Waals surface area contributed by atoms with E-state index in [2.05, 4.69) is 20.9 Å². The quantitative estimate of drug-likeness (QED) is 0.211. The number of nitrogens with zero attached hydrogens (tertiary/aromatic N) is 2. The van der Waals surface area contributed by atoms with Crippen molar-refractivity contribution in [2.45, 2.75) is 23.4 Å². The van der Waals surface area contributed by atoms with Gasteiger partial charge in [-0.25, -0.2) is 18.5 Å². The summed E-state index contributed by atoms with van der Waals surface area (Å²) in [7, 11) is -2.58. The summed E-state index contributed by atoms with van der Waals surface area (Å²) in [5.41, 5.74) is 1.42. The Balaban J connectivity index is 1.49. The van der Waals surface area contributed by atoms with Crippen LogP contribution in [-0.4, -0.2) is 80.8 Å². The number of primary sulfonamides is 1. The number of hydrogen-bond acceptors (Lipinski definition) is 8. The topological polar surface area (TPSA) is 190 Å². The number of anilines is 1. The van der Waals surface area contributed by atoms with Crippen LogP contribution in [0.5, 0.6) is 0 Å². The Morgan fingerprint density at radius 3 is 2.37 bits per heavy atom. The van der Waals surface area contributed by atoms with Gasteiger partial charge < -0.3 is 25.6 Å². The number of amides is 4. The molecule has 0 bridgehead atoms. The third kappa shape index (κ3) is 8.14. The van der Waals surface area contributed by atoms with Gasteiger partial charge in [0.15, 0.2) is 0 Å². The molecular formula is C28H29ClN6O7S. The first-order chi connectivity index (χ1) is 20.5. The standard InChI is InChI=1S/C28H29ClN6O7S/c1-42-16-25(36)35-13-12-21(33-28(39)27(38)32-19-10-11-24(29)31-14-19)22(15-35)34-26(37)18-8-6-17(7-9-18)20-4-2-3-5-23(20)43(30,40)41/h2-11,14,21-22H,12-13,15-16H2,1H3,(H,32,38)(H,33,39)(H,34,37)(H2,30,40,41)/t21-,22+/m0/s1. The molecule has 15 heteroatoms. The van der Waals surface area contributed by atoms with E-state index < -0.39 is 39.8 Å². The van der Waals surface area contributed by atoms with Crippen LogP contribution in [-0.2, 0) is 29.1 Å². The summed E-state index contributed by atoms with van der Waals surface area (Å²) >= 11 is 5.75. The van der Waals surface area contributed by atoms with Gasteiger partial charge in [-0.3, -0.25) is 19.2 Å². The summed E-state index contributed by atoms with van der Waals surface area (Å²) in [6.45, 7) is 0.165. The molecule has 1 aromatic heterocycles. The van der Waals surface area contributed by atoms with Gasteiger partial charge in [-0.05, 0) is 42.3 Å². The molecule has 13 nitrogen and oxygen atoms in total. The van der Waals surface area contributed by atoms with Gasteiger partial charge in [0.05, 0.1) is 28.9 Å². The van der Waals surface area contributed by atoms with E-state index in [-0.39, 0.29) is 53.3 Å². The van der Waals surface area contributed by atoms with Gasteiger partial charge >= 0.3 is 11.8 Å². The summed E-state index contributed by atoms with van der Waals surface area (Å²) in [5, 5.41) is 13.5. The highest BCUT2D eigenvalue weighted by atomic mass is 35.5. The van der Waals surface area contributed by atoms with Crippen LogP contribution >= 0.6 is 11.6 Å². The van der Waals surface area contributed by atoms with Crippen molar-refractivity contribution in [3.63, 3.8) is 0 Å². The molecule has 2 heterocycles. The molecule has 5 N–H and O–H groups in total. The van der Waals surface area contributed by atoms with E-state index in [1.807, 2.05) is 0 Å². The average Bonchev–Trinajstić information content (AvgIpc) is 2.98. The number of likely N-dealkylation sites (tertiary alicyclic amines) is 1. The summed E-state index contributed by atoms with van der Waals surface area (Å²) in [5.74, 6) is -2.68. The molecule has 0 unspecified atom stereocenters. The largest absolute Gasteiger partial charge is 0.375 e. The molecule has 0 saturated carbocycles. The third-order valence-electron chi connectivity index (χ3n) is 6.71. The highest BCUT2D eigenvalue weighted by molar-refractivity contribution is 7.89. The summed E-state index contributed by atoms with van der Waals surface area (Å²) in [6, 6.07) is 14.0. The second-order valence-corrected chi connectivity index (χ2v) is 11.6. The van der Waals surface area contributed by atoms with Gasteiger partial charge in [-0.1, -0.05) is 41.9 Å². The van der Waals surface area contributed by atoms with Crippen LogP contribution in [0.15, 0.2) is 71.8 Å². The lowest BCUT2D eigenvalue weighted by atomic mass is 9.98. The minimum absolute atomic E-state index is 0.0508. The van der Waals surface area contributed by atoms with Crippen LogP contribution in [0, 0.1) is 0 Å². The van der Waals surface area contributed by atoms with E-state index in [0.717, 1.165) is 0 Å². The minimum Gasteiger partial charge on any atom is -0.375 e. The fraction of sp³-hybridized carbons (Fsp3) is 0.250. The Hall–Kier alpha value is -4.37. The fourth-order valence-corrected chi connectivity index (χ4v) is 5.46. The minimum atomic E-state index is -3.98. The molecule has 1 fully saturated rings. The summed E-state index contributed by atoms with van der Waals surface area (Å²) in [6.07, 6.45) is 1.56. The molecule has 0 aliphatic carbocycles. The van der Waals surface area contributed by atoms with Gasteiger partial charge in [0.1, 0.15) is 11.8 Å². The zero-order chi connectivity index (χ0) is 31.1. The van der Waals surface area contributed by atoms with Crippen molar-refractivity contribution in [1.82, 2.24) is 20.5 Å². The maximum atomic E-state index is 13.3. The van der Waals surface area contributed by atoms with Crippen molar-refractivity contribution in [1.29, 1.82) is 0 Å². The Kier molecular flexibility index (Phi) is 10.1. The van der Waals surface area contributed by atoms with E-state index in [4.69, 9.17) is 21.5 Å². The van der Waals surface area contributed by atoms with E-state index in [0.29, 0.717) is 11.1 Å². The Morgan fingerprint density at radius 1 is 1.00 bits per heavy atom. The molecule has 0 radical (unpaired) electrons. The van der Waals surface area contributed by atoms with Gasteiger partial charge in [0.2, 0.25) is 15.9 Å². The van der Waals surface area contributed by atoms with E-state index in [1.165, 1.54) is 48.5 Å². The first-order valence-corrected chi connectivity index (χ1v) is 14.9. The van der Waals surface area contributed by atoms with Crippen molar-refractivity contribution in [3.8, 4) is 11.1 Å². The zero-order valence-corrected chi connectivity index (χ0v) is 24.5. The highest BCUT2D eigenvalue weighted by Crippen LogP contribution is 2.27. The number of pyridine rings is 1. The number of carbonyl (C=O) groups excluding carboxylic acids is 4. The predicted molar refractivity (Wildman–Crippen MR) is 157 cm³/mol. The molecule has 3 aromatic rings. The number of rotatable bonds is 8. The van der Waals surface area contributed by atoms with Crippen LogP contribution in [0.3, 0.4) is 0 Å². The Morgan fingerprint density at radius 2 is 1.72 bits per heavy atom. The molecule has 226 valence electrons. The number of nitrogens with one attached hydrogen (secondary N) is 3. The number of methoxy groups -OCH3 is 1. The number of halogens is 1. The molecule has 0 spiro atoms. The monoisotopic (exact) mass is 628 g/mol. The number of benzene rings is 2. The maximum absolute atomic E-state index is 13.3. The molecule has 4 rings (SSSR count). The Labute approximate surface area is 252 Å². The first kappa shape index (κ1) is 31.6. The lowest BCUT2D eigenvalue weighted by molar-refractivity contribution is -0.138. The average molecular weight is 629 g/mol. The van der Waals surface area contributed by atoms with Crippen molar-refractivity contribution in [2.24, 2.45) is 5.14 Å². The molecule has 43 heavy (non-hydrogen) atoms. The molecule has 2 aromatic carbocycles. The Bertz CT molecular complexity index is 1620. The molecule has 4 amide bonds. The van der Waals surface area contributed by atoms with Gasteiger partial charge in [-0.2, -0.15) is 0 Å². The normalized spacial score (nSPS) is 16.7. The molecular weight excluding hydrogens is 600 g/mol.